The zero-order valence-electron chi connectivity index (χ0n) is 8.01. The molecule has 0 aromatic rings. The normalized spacial score (nSPS) is 42.7. The maximum Gasteiger partial charge on any atom is 0.0770 e. The average Bonchev–Trinajstić information content (AvgIpc) is 1.94. The molecule has 0 aromatic heterocycles. The second kappa shape index (κ2) is 3.19. The van der Waals surface area contributed by atoms with Gasteiger partial charge in [0.05, 0.1) is 5.60 Å². The lowest BCUT2D eigenvalue weighted by Crippen LogP contribution is -2.50. The van der Waals surface area contributed by atoms with E-state index in [0.29, 0.717) is 5.92 Å². The van der Waals surface area contributed by atoms with Crippen molar-refractivity contribution >= 4 is 0 Å². The largest absolute Gasteiger partial charge is 0.389 e. The van der Waals surface area contributed by atoms with Crippen LogP contribution in [0.2, 0.25) is 0 Å². The minimum Gasteiger partial charge on any atom is -0.389 e. The van der Waals surface area contributed by atoms with Crippen LogP contribution in [0.15, 0.2) is 12.2 Å². The number of aliphatic hydroxyl groups is 1. The maximum atomic E-state index is 9.79. The Morgan fingerprint density at radius 3 is 2.67 bits per heavy atom. The Kier molecular flexibility index (Phi) is 2.59. The molecule has 2 nitrogen and oxygen atoms in total. The minimum absolute atomic E-state index is 0.0899. The molecule has 0 bridgehead atoms. The molecule has 0 aromatic carbocycles. The van der Waals surface area contributed by atoms with Gasteiger partial charge < -0.3 is 10.8 Å². The number of allylic oxidation sites excluding steroid dienone is 1. The fourth-order valence-corrected chi connectivity index (χ4v) is 1.78. The van der Waals surface area contributed by atoms with Gasteiger partial charge in [-0.25, -0.2) is 0 Å². The van der Waals surface area contributed by atoms with Gasteiger partial charge in [0, 0.05) is 6.04 Å². The van der Waals surface area contributed by atoms with Gasteiger partial charge in [0.1, 0.15) is 0 Å². The molecule has 0 saturated heterocycles. The molecule has 2 heteroatoms. The molecule has 3 N–H and O–H groups in total. The third kappa shape index (κ3) is 1.87. The summed E-state index contributed by atoms with van der Waals surface area (Å²) in [7, 11) is 0. The van der Waals surface area contributed by atoms with Crippen molar-refractivity contribution in [1.82, 2.24) is 0 Å². The minimum atomic E-state index is -0.661. The number of nitrogens with two attached hydrogens (primary N) is 1. The van der Waals surface area contributed by atoms with Crippen molar-refractivity contribution in [1.29, 1.82) is 0 Å². The first kappa shape index (κ1) is 9.75. The summed E-state index contributed by atoms with van der Waals surface area (Å²) in [4.78, 5) is 0. The van der Waals surface area contributed by atoms with Crippen LogP contribution in [0.4, 0.5) is 0 Å². The van der Waals surface area contributed by atoms with Gasteiger partial charge in [0.15, 0.2) is 0 Å². The SMILES string of the molecule is C=C(C)[C@H]1CC[C@@](C)(O)[C@H](N)C1. The third-order valence-electron chi connectivity index (χ3n) is 3.03. The summed E-state index contributed by atoms with van der Waals surface area (Å²) in [5, 5.41) is 9.79. The first-order chi connectivity index (χ1) is 5.43. The summed E-state index contributed by atoms with van der Waals surface area (Å²) >= 11 is 0. The molecule has 0 amide bonds. The maximum absolute atomic E-state index is 9.79. The topological polar surface area (TPSA) is 46.2 Å². The second-order valence-electron chi connectivity index (χ2n) is 4.28. The molecule has 0 spiro atoms. The van der Waals surface area contributed by atoms with Crippen LogP contribution in [0, 0.1) is 5.92 Å². The van der Waals surface area contributed by atoms with Crippen LogP contribution >= 0.6 is 0 Å². The van der Waals surface area contributed by atoms with Gasteiger partial charge in [0.2, 0.25) is 0 Å². The molecule has 70 valence electrons. The first-order valence-electron chi connectivity index (χ1n) is 4.57. The molecular formula is C10H19NO. The number of hydrogen-bond acceptors (Lipinski definition) is 2. The Morgan fingerprint density at radius 1 is 1.67 bits per heavy atom. The molecule has 0 unspecified atom stereocenters. The van der Waals surface area contributed by atoms with Crippen LogP contribution in [0.3, 0.4) is 0 Å². The molecule has 0 heterocycles. The van der Waals surface area contributed by atoms with Crippen molar-refractivity contribution < 1.29 is 5.11 Å². The molecule has 1 fully saturated rings. The van der Waals surface area contributed by atoms with Crippen LogP contribution in [0.1, 0.15) is 33.1 Å². The Labute approximate surface area is 74.5 Å². The number of hydrogen-bond donors (Lipinski definition) is 2. The zero-order chi connectivity index (χ0) is 9.35. The third-order valence-corrected chi connectivity index (χ3v) is 3.03. The Bertz CT molecular complexity index is 186. The number of rotatable bonds is 1. The van der Waals surface area contributed by atoms with Crippen LogP contribution in [-0.2, 0) is 0 Å². The second-order valence-corrected chi connectivity index (χ2v) is 4.28. The van der Waals surface area contributed by atoms with E-state index >= 15 is 0 Å². The van der Waals surface area contributed by atoms with E-state index in [0.717, 1.165) is 19.3 Å². The fraction of sp³-hybridized carbons (Fsp3) is 0.800. The van der Waals surface area contributed by atoms with Crippen molar-refractivity contribution in [2.75, 3.05) is 0 Å². The van der Waals surface area contributed by atoms with Gasteiger partial charge in [0.25, 0.3) is 0 Å². The van der Waals surface area contributed by atoms with E-state index in [1.807, 2.05) is 13.8 Å². The van der Waals surface area contributed by atoms with Crippen LogP contribution in [-0.4, -0.2) is 16.7 Å². The molecule has 12 heavy (non-hydrogen) atoms. The van der Waals surface area contributed by atoms with E-state index in [9.17, 15) is 5.11 Å². The molecule has 1 aliphatic carbocycles. The first-order valence-corrected chi connectivity index (χ1v) is 4.57. The molecule has 3 atom stereocenters. The highest BCUT2D eigenvalue weighted by molar-refractivity contribution is 5.03. The van der Waals surface area contributed by atoms with Gasteiger partial charge in [-0.15, -0.1) is 0 Å². The van der Waals surface area contributed by atoms with Crippen molar-refractivity contribution in [2.45, 2.75) is 44.8 Å². The summed E-state index contributed by atoms with van der Waals surface area (Å²) in [6.45, 7) is 7.79. The van der Waals surface area contributed by atoms with Crippen LogP contribution in [0.5, 0.6) is 0 Å². The van der Waals surface area contributed by atoms with Crippen LogP contribution < -0.4 is 5.73 Å². The Balaban J connectivity index is 2.58. The lowest BCUT2D eigenvalue weighted by molar-refractivity contribution is -0.00644. The highest BCUT2D eigenvalue weighted by atomic mass is 16.3. The van der Waals surface area contributed by atoms with E-state index in [2.05, 4.69) is 6.58 Å². The predicted octanol–water partition coefficient (Wildman–Crippen LogP) is 1.44. The van der Waals surface area contributed by atoms with E-state index < -0.39 is 5.60 Å². The highest BCUT2D eigenvalue weighted by Gasteiger charge is 2.35. The van der Waals surface area contributed by atoms with Gasteiger partial charge in [-0.2, -0.15) is 0 Å². The van der Waals surface area contributed by atoms with Gasteiger partial charge in [-0.1, -0.05) is 12.2 Å². The summed E-state index contributed by atoms with van der Waals surface area (Å²) < 4.78 is 0. The summed E-state index contributed by atoms with van der Waals surface area (Å²) in [5.74, 6) is 0.514. The monoisotopic (exact) mass is 169 g/mol. The molecule has 1 aliphatic rings. The van der Waals surface area contributed by atoms with Crippen LogP contribution in [0.25, 0.3) is 0 Å². The summed E-state index contributed by atoms with van der Waals surface area (Å²) in [6.07, 6.45) is 2.70. The highest BCUT2D eigenvalue weighted by Crippen LogP contribution is 2.33. The van der Waals surface area contributed by atoms with Crippen molar-refractivity contribution in [3.63, 3.8) is 0 Å². The van der Waals surface area contributed by atoms with Gasteiger partial charge in [-0.05, 0) is 39.0 Å². The molecule has 0 radical (unpaired) electrons. The van der Waals surface area contributed by atoms with E-state index in [-0.39, 0.29) is 6.04 Å². The quantitative estimate of drug-likeness (QED) is 0.583. The lowest BCUT2D eigenvalue weighted by atomic mass is 9.74. The van der Waals surface area contributed by atoms with Gasteiger partial charge in [-0.3, -0.25) is 0 Å². The smallest absolute Gasteiger partial charge is 0.0770 e. The molecule has 1 rings (SSSR count). The molecular weight excluding hydrogens is 150 g/mol. The van der Waals surface area contributed by atoms with E-state index in [1.165, 1.54) is 5.57 Å². The summed E-state index contributed by atoms with van der Waals surface area (Å²) in [6, 6.07) is -0.0899. The van der Waals surface area contributed by atoms with Crippen molar-refractivity contribution in [2.24, 2.45) is 11.7 Å². The Hall–Kier alpha value is -0.340. The molecule has 0 aliphatic heterocycles. The Morgan fingerprint density at radius 2 is 2.25 bits per heavy atom. The zero-order valence-corrected chi connectivity index (χ0v) is 8.01. The van der Waals surface area contributed by atoms with Crippen molar-refractivity contribution in [3.8, 4) is 0 Å². The standard InChI is InChI=1S/C10H19NO/c1-7(2)8-4-5-10(3,12)9(11)6-8/h8-9,12H,1,4-6,11H2,2-3H3/t8-,9+,10+/m0/s1. The molecule has 1 saturated carbocycles. The van der Waals surface area contributed by atoms with E-state index in [1.54, 1.807) is 0 Å². The average molecular weight is 169 g/mol. The van der Waals surface area contributed by atoms with Gasteiger partial charge >= 0.3 is 0 Å². The fourth-order valence-electron chi connectivity index (χ4n) is 1.78. The summed E-state index contributed by atoms with van der Waals surface area (Å²) in [5.41, 5.74) is 6.38. The van der Waals surface area contributed by atoms with Crippen molar-refractivity contribution in [3.05, 3.63) is 12.2 Å². The lowest BCUT2D eigenvalue weighted by Gasteiger charge is -2.38. The predicted molar refractivity (Wildman–Crippen MR) is 50.8 cm³/mol. The van der Waals surface area contributed by atoms with E-state index in [4.69, 9.17) is 5.73 Å².